The van der Waals surface area contributed by atoms with Crippen LogP contribution in [-0.2, 0) is 11.2 Å². The Balaban J connectivity index is 1.72. The molecule has 0 saturated heterocycles. The average Bonchev–Trinajstić information content (AvgIpc) is 3.07. The summed E-state index contributed by atoms with van der Waals surface area (Å²) in [6.07, 6.45) is 5.31. The highest BCUT2D eigenvalue weighted by molar-refractivity contribution is 5.89. The summed E-state index contributed by atoms with van der Waals surface area (Å²) in [5.41, 5.74) is 1.67. The van der Waals surface area contributed by atoms with Crippen LogP contribution in [0.25, 0.3) is 11.4 Å². The third-order valence-corrected chi connectivity index (χ3v) is 3.55. The van der Waals surface area contributed by atoms with Gasteiger partial charge in [0.05, 0.1) is 6.20 Å². The van der Waals surface area contributed by atoms with Crippen LogP contribution in [0.5, 0.6) is 0 Å². The minimum atomic E-state index is -0.233. The third-order valence-electron chi connectivity index (χ3n) is 3.55. The molecule has 8 nitrogen and oxygen atoms in total. The summed E-state index contributed by atoms with van der Waals surface area (Å²) in [7, 11) is 0. The van der Waals surface area contributed by atoms with E-state index in [2.05, 4.69) is 30.5 Å². The van der Waals surface area contributed by atoms with Gasteiger partial charge in [-0.05, 0) is 25.5 Å². The van der Waals surface area contributed by atoms with Gasteiger partial charge in [0.15, 0.2) is 0 Å². The van der Waals surface area contributed by atoms with Gasteiger partial charge in [-0.3, -0.25) is 19.7 Å². The molecular formula is C16H16N6O2. The lowest BCUT2D eigenvalue weighted by atomic mass is 10.1. The zero-order valence-corrected chi connectivity index (χ0v) is 13.0. The van der Waals surface area contributed by atoms with Crippen LogP contribution in [-0.4, -0.2) is 31.1 Å². The Morgan fingerprint density at radius 2 is 2.00 bits per heavy atom. The van der Waals surface area contributed by atoms with Crippen LogP contribution in [0, 0.1) is 6.92 Å². The fourth-order valence-electron chi connectivity index (χ4n) is 2.33. The largest absolute Gasteiger partial charge is 0.311 e. The van der Waals surface area contributed by atoms with E-state index in [0.717, 1.165) is 5.56 Å². The molecule has 0 aliphatic rings. The number of pyridine rings is 1. The van der Waals surface area contributed by atoms with E-state index in [-0.39, 0.29) is 17.9 Å². The highest BCUT2D eigenvalue weighted by atomic mass is 16.1. The predicted molar refractivity (Wildman–Crippen MR) is 88.4 cm³/mol. The van der Waals surface area contributed by atoms with Crippen LogP contribution in [0.15, 0.2) is 41.6 Å². The highest BCUT2D eigenvalue weighted by Gasteiger charge is 2.12. The maximum Gasteiger partial charge on any atom is 0.254 e. The maximum atomic E-state index is 12.3. The minimum absolute atomic E-state index is 0.180. The SMILES string of the molecule is Cc1nc(-c2ccncc2)[nH]c(=O)c1CCC(=O)Nc1ccn[nH]1. The van der Waals surface area contributed by atoms with E-state index < -0.39 is 0 Å². The summed E-state index contributed by atoms with van der Waals surface area (Å²) in [5.74, 6) is 0.818. The number of nitrogens with zero attached hydrogens (tertiary/aromatic N) is 3. The van der Waals surface area contributed by atoms with Gasteiger partial charge in [0, 0.05) is 41.7 Å². The second-order valence-corrected chi connectivity index (χ2v) is 5.23. The standard InChI is InChI=1S/C16H16N6O2/c1-10-12(2-3-14(23)20-13-6-9-18-22-13)16(24)21-15(19-10)11-4-7-17-8-5-11/h4-9H,2-3H2,1H3,(H,19,21,24)(H2,18,20,22,23). The molecular weight excluding hydrogens is 308 g/mol. The van der Waals surface area contributed by atoms with Crippen molar-refractivity contribution < 1.29 is 4.79 Å². The Hall–Kier alpha value is -3.29. The molecule has 8 heteroatoms. The normalized spacial score (nSPS) is 10.5. The molecule has 0 radical (unpaired) electrons. The van der Waals surface area contributed by atoms with Gasteiger partial charge in [0.2, 0.25) is 5.91 Å². The number of aromatic amines is 2. The zero-order chi connectivity index (χ0) is 16.9. The minimum Gasteiger partial charge on any atom is -0.311 e. The fourth-order valence-corrected chi connectivity index (χ4v) is 2.33. The maximum absolute atomic E-state index is 12.3. The first-order chi connectivity index (χ1) is 11.6. The number of hydrogen-bond donors (Lipinski definition) is 3. The fraction of sp³-hybridized carbons (Fsp3) is 0.188. The van der Waals surface area contributed by atoms with Crippen molar-refractivity contribution in [2.45, 2.75) is 19.8 Å². The number of carbonyl (C=O) groups excluding carboxylic acids is 1. The van der Waals surface area contributed by atoms with Gasteiger partial charge < -0.3 is 10.3 Å². The van der Waals surface area contributed by atoms with Crippen LogP contribution >= 0.6 is 0 Å². The Kier molecular flexibility index (Phi) is 4.46. The average molecular weight is 324 g/mol. The van der Waals surface area contributed by atoms with E-state index in [9.17, 15) is 9.59 Å². The van der Waals surface area contributed by atoms with Gasteiger partial charge in [0.25, 0.3) is 5.56 Å². The number of carbonyl (C=O) groups is 1. The number of hydrogen-bond acceptors (Lipinski definition) is 5. The first kappa shape index (κ1) is 15.6. The van der Waals surface area contributed by atoms with Crippen molar-refractivity contribution in [3.05, 3.63) is 58.4 Å². The number of amides is 1. The molecule has 0 bridgehead atoms. The van der Waals surface area contributed by atoms with Gasteiger partial charge in [-0.25, -0.2) is 4.98 Å². The van der Waals surface area contributed by atoms with Crippen molar-refractivity contribution in [1.29, 1.82) is 0 Å². The summed E-state index contributed by atoms with van der Waals surface area (Å²) in [6, 6.07) is 5.20. The monoisotopic (exact) mass is 324 g/mol. The lowest BCUT2D eigenvalue weighted by Crippen LogP contribution is -2.20. The van der Waals surface area contributed by atoms with Crippen molar-refractivity contribution in [1.82, 2.24) is 25.1 Å². The van der Waals surface area contributed by atoms with Crippen LogP contribution < -0.4 is 10.9 Å². The van der Waals surface area contributed by atoms with Gasteiger partial charge in [-0.1, -0.05) is 0 Å². The quantitative estimate of drug-likeness (QED) is 0.656. The topological polar surface area (TPSA) is 116 Å². The molecule has 0 spiro atoms. The Bertz CT molecular complexity index is 887. The van der Waals surface area contributed by atoms with Crippen molar-refractivity contribution in [2.24, 2.45) is 0 Å². The van der Waals surface area contributed by atoms with E-state index in [1.165, 1.54) is 0 Å². The molecule has 0 fully saturated rings. The smallest absolute Gasteiger partial charge is 0.254 e. The first-order valence-electron chi connectivity index (χ1n) is 7.43. The van der Waals surface area contributed by atoms with Crippen LogP contribution in [0.3, 0.4) is 0 Å². The summed E-state index contributed by atoms with van der Waals surface area (Å²) < 4.78 is 0. The second-order valence-electron chi connectivity index (χ2n) is 5.23. The molecule has 3 aromatic rings. The highest BCUT2D eigenvalue weighted by Crippen LogP contribution is 2.13. The van der Waals surface area contributed by atoms with Crippen molar-refractivity contribution in [3.63, 3.8) is 0 Å². The molecule has 3 aromatic heterocycles. The second kappa shape index (κ2) is 6.86. The third kappa shape index (κ3) is 3.54. The molecule has 3 heterocycles. The molecule has 0 aliphatic heterocycles. The lowest BCUT2D eigenvalue weighted by molar-refractivity contribution is -0.116. The van der Waals surface area contributed by atoms with Gasteiger partial charge in [0.1, 0.15) is 11.6 Å². The molecule has 122 valence electrons. The summed E-state index contributed by atoms with van der Waals surface area (Å²) in [4.78, 5) is 35.3. The van der Waals surface area contributed by atoms with E-state index >= 15 is 0 Å². The van der Waals surface area contributed by atoms with Crippen molar-refractivity contribution >= 4 is 11.7 Å². The van der Waals surface area contributed by atoms with Crippen LogP contribution in [0.4, 0.5) is 5.82 Å². The molecule has 0 unspecified atom stereocenters. The molecule has 0 saturated carbocycles. The van der Waals surface area contributed by atoms with Gasteiger partial charge in [-0.15, -0.1) is 0 Å². The molecule has 3 rings (SSSR count). The van der Waals surface area contributed by atoms with Gasteiger partial charge in [-0.2, -0.15) is 5.10 Å². The Labute approximate surface area is 137 Å². The molecule has 1 amide bonds. The summed E-state index contributed by atoms with van der Waals surface area (Å²) in [6.45, 7) is 1.77. The van der Waals surface area contributed by atoms with Crippen LogP contribution in [0.2, 0.25) is 0 Å². The van der Waals surface area contributed by atoms with E-state index in [0.29, 0.717) is 29.3 Å². The number of aryl methyl sites for hydroxylation is 1. The van der Waals surface area contributed by atoms with E-state index in [4.69, 9.17) is 0 Å². The Morgan fingerprint density at radius 3 is 2.67 bits per heavy atom. The number of aromatic nitrogens is 5. The van der Waals surface area contributed by atoms with Crippen LogP contribution in [0.1, 0.15) is 17.7 Å². The van der Waals surface area contributed by atoms with E-state index in [1.54, 1.807) is 43.7 Å². The summed E-state index contributed by atoms with van der Waals surface area (Å²) in [5, 5.41) is 9.07. The lowest BCUT2D eigenvalue weighted by Gasteiger charge is -2.07. The zero-order valence-electron chi connectivity index (χ0n) is 13.0. The molecule has 3 N–H and O–H groups in total. The first-order valence-corrected chi connectivity index (χ1v) is 7.43. The number of nitrogens with one attached hydrogen (secondary N) is 3. The summed E-state index contributed by atoms with van der Waals surface area (Å²) >= 11 is 0. The molecule has 0 atom stereocenters. The van der Waals surface area contributed by atoms with Crippen molar-refractivity contribution in [3.8, 4) is 11.4 Å². The number of rotatable bonds is 5. The van der Waals surface area contributed by atoms with Crippen molar-refractivity contribution in [2.75, 3.05) is 5.32 Å². The number of anilines is 1. The Morgan fingerprint density at radius 1 is 1.21 bits per heavy atom. The molecule has 24 heavy (non-hydrogen) atoms. The number of H-pyrrole nitrogens is 2. The molecule has 0 aromatic carbocycles. The molecule has 0 aliphatic carbocycles. The van der Waals surface area contributed by atoms with Gasteiger partial charge >= 0.3 is 0 Å². The predicted octanol–water partition coefficient (Wildman–Crippen LogP) is 1.43. The van der Waals surface area contributed by atoms with E-state index in [1.807, 2.05) is 0 Å².